The highest BCUT2D eigenvalue weighted by Crippen LogP contribution is 2.27. The predicted molar refractivity (Wildman–Crippen MR) is 92.0 cm³/mol. The zero-order valence-corrected chi connectivity index (χ0v) is 14.2. The Balaban J connectivity index is 1.77. The molecular weight excluding hydrogens is 334 g/mol. The molecule has 1 aliphatic rings. The highest BCUT2D eigenvalue weighted by atomic mass is 16.5. The monoisotopic (exact) mass is 349 g/mol. The van der Waals surface area contributed by atoms with Crippen molar-refractivity contribution < 1.29 is 19.1 Å². The molecule has 0 amide bonds. The molecule has 0 saturated carbocycles. The van der Waals surface area contributed by atoms with Gasteiger partial charge in [0.05, 0.1) is 20.8 Å². The van der Waals surface area contributed by atoms with Crippen molar-refractivity contribution in [1.82, 2.24) is 15.0 Å². The second-order valence-corrected chi connectivity index (χ2v) is 5.87. The second-order valence-electron chi connectivity index (χ2n) is 5.87. The van der Waals surface area contributed by atoms with Crippen LogP contribution in [-0.4, -0.2) is 40.8 Å². The van der Waals surface area contributed by atoms with Gasteiger partial charge in [-0.25, -0.2) is 4.68 Å². The lowest BCUT2D eigenvalue weighted by molar-refractivity contribution is 0.0971. The van der Waals surface area contributed by atoms with Gasteiger partial charge < -0.3 is 9.47 Å². The fraction of sp³-hybridized carbons (Fsp3) is 0.158. The van der Waals surface area contributed by atoms with E-state index in [1.165, 1.54) is 4.68 Å². The molecule has 7 nitrogen and oxygen atoms in total. The maximum Gasteiger partial charge on any atom is 0.216 e. The number of carbonyl (C=O) groups excluding carboxylic acids is 2. The van der Waals surface area contributed by atoms with Gasteiger partial charge in [-0.1, -0.05) is 29.5 Å². The van der Waals surface area contributed by atoms with E-state index in [0.29, 0.717) is 22.6 Å². The summed E-state index contributed by atoms with van der Waals surface area (Å²) in [5.74, 6) is 0.710. The normalized spacial score (nSPS) is 12.5. The van der Waals surface area contributed by atoms with Gasteiger partial charge in [-0.15, -0.1) is 5.10 Å². The maximum atomic E-state index is 12.9. The summed E-state index contributed by atoms with van der Waals surface area (Å²) >= 11 is 0. The van der Waals surface area contributed by atoms with Crippen LogP contribution in [0.15, 0.2) is 42.5 Å². The van der Waals surface area contributed by atoms with Crippen LogP contribution < -0.4 is 9.47 Å². The molecule has 0 atom stereocenters. The minimum absolute atomic E-state index is 0.0866. The molecule has 0 bridgehead atoms. The molecule has 4 rings (SSSR count). The molecule has 2 aromatic carbocycles. The standard InChI is InChI=1S/C19H15N3O4/c1-25-12-7-11(8-13(9-12)26-2)10-22-17-16(20-21-22)18(23)14-5-3-4-6-15(14)19(17)24/h3-9H,10H2,1-2H3. The lowest BCUT2D eigenvalue weighted by Crippen LogP contribution is -2.23. The number of ether oxygens (including phenoxy) is 2. The SMILES string of the molecule is COc1cc(Cn2nnc3c2C(=O)c2ccccc2C3=O)cc(OC)c1. The Kier molecular flexibility index (Phi) is 3.76. The van der Waals surface area contributed by atoms with Crippen LogP contribution >= 0.6 is 0 Å². The Labute approximate surface area is 149 Å². The fourth-order valence-electron chi connectivity index (χ4n) is 3.07. The number of nitrogens with zero attached hydrogens (tertiary/aromatic N) is 3. The summed E-state index contributed by atoms with van der Waals surface area (Å²) < 4.78 is 12.0. The number of methoxy groups -OCH3 is 2. The molecule has 1 aromatic heterocycles. The summed E-state index contributed by atoms with van der Waals surface area (Å²) in [6.07, 6.45) is 0. The Morgan fingerprint density at radius 1 is 0.923 bits per heavy atom. The largest absolute Gasteiger partial charge is 0.497 e. The van der Waals surface area contributed by atoms with Crippen LogP contribution in [0.1, 0.15) is 37.7 Å². The molecular formula is C19H15N3O4. The smallest absolute Gasteiger partial charge is 0.216 e. The average molecular weight is 349 g/mol. The molecule has 3 aromatic rings. The molecule has 26 heavy (non-hydrogen) atoms. The van der Waals surface area contributed by atoms with Gasteiger partial charge >= 0.3 is 0 Å². The first kappa shape index (κ1) is 16.0. The Morgan fingerprint density at radius 3 is 2.15 bits per heavy atom. The maximum absolute atomic E-state index is 12.9. The van der Waals surface area contributed by atoms with Crippen molar-refractivity contribution in [2.75, 3.05) is 14.2 Å². The molecule has 0 N–H and O–H groups in total. The van der Waals surface area contributed by atoms with Crippen LogP contribution in [0.5, 0.6) is 11.5 Å². The van der Waals surface area contributed by atoms with E-state index in [2.05, 4.69) is 10.3 Å². The van der Waals surface area contributed by atoms with E-state index in [4.69, 9.17) is 9.47 Å². The third-order valence-electron chi connectivity index (χ3n) is 4.33. The van der Waals surface area contributed by atoms with Crippen LogP contribution in [0.25, 0.3) is 0 Å². The van der Waals surface area contributed by atoms with Crippen molar-refractivity contribution in [2.24, 2.45) is 0 Å². The van der Waals surface area contributed by atoms with Crippen molar-refractivity contribution in [1.29, 1.82) is 0 Å². The Morgan fingerprint density at radius 2 is 1.54 bits per heavy atom. The number of benzene rings is 2. The zero-order chi connectivity index (χ0) is 18.3. The van der Waals surface area contributed by atoms with Gasteiger partial charge in [-0.05, 0) is 17.7 Å². The van der Waals surface area contributed by atoms with E-state index in [1.807, 2.05) is 12.1 Å². The third-order valence-corrected chi connectivity index (χ3v) is 4.33. The molecule has 130 valence electrons. The first-order valence-corrected chi connectivity index (χ1v) is 7.96. The molecule has 0 saturated heterocycles. The lowest BCUT2D eigenvalue weighted by atomic mass is 9.90. The van der Waals surface area contributed by atoms with Gasteiger partial charge in [0.1, 0.15) is 17.2 Å². The van der Waals surface area contributed by atoms with E-state index >= 15 is 0 Å². The number of aromatic nitrogens is 3. The fourth-order valence-corrected chi connectivity index (χ4v) is 3.07. The van der Waals surface area contributed by atoms with Crippen LogP contribution in [0.3, 0.4) is 0 Å². The van der Waals surface area contributed by atoms with E-state index in [1.54, 1.807) is 44.6 Å². The van der Waals surface area contributed by atoms with Crippen LogP contribution in [0, 0.1) is 0 Å². The first-order valence-electron chi connectivity index (χ1n) is 7.96. The number of ketones is 2. The van der Waals surface area contributed by atoms with Crippen molar-refractivity contribution in [3.05, 3.63) is 70.5 Å². The van der Waals surface area contributed by atoms with Gasteiger partial charge in [0.15, 0.2) is 5.69 Å². The minimum Gasteiger partial charge on any atom is -0.497 e. The van der Waals surface area contributed by atoms with Crippen molar-refractivity contribution in [2.45, 2.75) is 6.54 Å². The van der Waals surface area contributed by atoms with E-state index in [0.717, 1.165) is 5.56 Å². The Bertz CT molecular complexity index is 1020. The zero-order valence-electron chi connectivity index (χ0n) is 14.2. The van der Waals surface area contributed by atoms with E-state index < -0.39 is 0 Å². The highest BCUT2D eigenvalue weighted by molar-refractivity contribution is 6.26. The molecule has 1 heterocycles. The summed E-state index contributed by atoms with van der Waals surface area (Å²) in [5, 5.41) is 7.98. The minimum atomic E-state index is -0.287. The molecule has 0 spiro atoms. The summed E-state index contributed by atoms with van der Waals surface area (Å²) in [5.41, 5.74) is 1.84. The van der Waals surface area contributed by atoms with Crippen molar-refractivity contribution in [3.63, 3.8) is 0 Å². The van der Waals surface area contributed by atoms with Crippen LogP contribution in [0.4, 0.5) is 0 Å². The predicted octanol–water partition coefficient (Wildman–Crippen LogP) is 2.12. The Hall–Kier alpha value is -3.48. The lowest BCUT2D eigenvalue weighted by Gasteiger charge is -2.14. The van der Waals surface area contributed by atoms with Gasteiger partial charge in [-0.3, -0.25) is 9.59 Å². The molecule has 0 radical (unpaired) electrons. The summed E-state index contributed by atoms with van der Waals surface area (Å²) in [6, 6.07) is 12.1. The van der Waals surface area contributed by atoms with E-state index in [9.17, 15) is 9.59 Å². The van der Waals surface area contributed by atoms with Gasteiger partial charge in [-0.2, -0.15) is 0 Å². The number of fused-ring (bicyclic) bond motifs is 2. The number of hydrogen-bond donors (Lipinski definition) is 0. The molecule has 0 fully saturated rings. The number of rotatable bonds is 4. The molecule has 0 unspecified atom stereocenters. The van der Waals surface area contributed by atoms with E-state index in [-0.39, 0.29) is 29.5 Å². The number of hydrogen-bond acceptors (Lipinski definition) is 6. The molecule has 7 heteroatoms. The number of carbonyl (C=O) groups is 2. The summed E-state index contributed by atoms with van der Waals surface area (Å²) in [4.78, 5) is 25.5. The summed E-state index contributed by atoms with van der Waals surface area (Å²) in [7, 11) is 3.13. The highest BCUT2D eigenvalue weighted by Gasteiger charge is 2.34. The molecule has 1 aliphatic carbocycles. The molecule has 0 aliphatic heterocycles. The van der Waals surface area contributed by atoms with Gasteiger partial charge in [0.25, 0.3) is 0 Å². The average Bonchev–Trinajstić information content (AvgIpc) is 3.09. The second kappa shape index (κ2) is 6.11. The van der Waals surface area contributed by atoms with Crippen molar-refractivity contribution in [3.8, 4) is 11.5 Å². The van der Waals surface area contributed by atoms with Gasteiger partial charge in [0.2, 0.25) is 11.6 Å². The van der Waals surface area contributed by atoms with Crippen LogP contribution in [-0.2, 0) is 6.54 Å². The van der Waals surface area contributed by atoms with Crippen molar-refractivity contribution >= 4 is 11.6 Å². The summed E-state index contributed by atoms with van der Waals surface area (Å²) in [6.45, 7) is 0.261. The third kappa shape index (κ3) is 2.45. The van der Waals surface area contributed by atoms with Gasteiger partial charge in [0, 0.05) is 17.2 Å². The quantitative estimate of drug-likeness (QED) is 0.561. The van der Waals surface area contributed by atoms with Crippen LogP contribution in [0.2, 0.25) is 0 Å². The first-order chi connectivity index (χ1) is 12.6. The topological polar surface area (TPSA) is 83.3 Å².